The highest BCUT2D eigenvalue weighted by molar-refractivity contribution is 7.99. The Hall–Kier alpha value is -0.410. The number of hydrogen-bond acceptors (Lipinski definition) is 3. The molecule has 2 nitrogen and oxygen atoms in total. The Morgan fingerprint density at radius 3 is 3.08 bits per heavy atom. The summed E-state index contributed by atoms with van der Waals surface area (Å²) < 4.78 is 5.09. The van der Waals surface area contributed by atoms with Gasteiger partial charge in [0.2, 0.25) is 0 Å². The third kappa shape index (κ3) is 2.09. The van der Waals surface area contributed by atoms with Gasteiger partial charge in [0.05, 0.1) is 12.5 Å². The first-order valence-corrected chi connectivity index (χ1v) is 5.70. The van der Waals surface area contributed by atoms with Crippen molar-refractivity contribution < 1.29 is 4.42 Å². The van der Waals surface area contributed by atoms with E-state index in [4.69, 9.17) is 4.42 Å². The van der Waals surface area contributed by atoms with Gasteiger partial charge in [0.25, 0.3) is 0 Å². The molecule has 1 unspecified atom stereocenters. The summed E-state index contributed by atoms with van der Waals surface area (Å²) in [6, 6.07) is 2.49. The maximum atomic E-state index is 5.09. The normalized spacial score (nSPS) is 27.4. The lowest BCUT2D eigenvalue weighted by Crippen LogP contribution is -2.48. The minimum Gasteiger partial charge on any atom is -0.472 e. The minimum absolute atomic E-state index is 0.241. The maximum absolute atomic E-state index is 5.09. The molecule has 0 aliphatic carbocycles. The van der Waals surface area contributed by atoms with Crippen LogP contribution < -0.4 is 5.32 Å². The van der Waals surface area contributed by atoms with Gasteiger partial charge < -0.3 is 9.73 Å². The molecule has 1 atom stereocenters. The van der Waals surface area contributed by atoms with Crippen LogP contribution in [-0.2, 0) is 0 Å². The number of hydrogen-bond donors (Lipinski definition) is 1. The fourth-order valence-electron chi connectivity index (χ4n) is 1.64. The molecular weight excluding hydrogens is 182 g/mol. The van der Waals surface area contributed by atoms with Gasteiger partial charge in [-0.15, -0.1) is 0 Å². The van der Waals surface area contributed by atoms with E-state index in [9.17, 15) is 0 Å². The third-order valence-corrected chi connectivity index (χ3v) is 3.75. The zero-order chi connectivity index (χ0) is 9.31. The van der Waals surface area contributed by atoms with Gasteiger partial charge in [-0.05, 0) is 19.9 Å². The molecule has 0 aromatic carbocycles. The van der Waals surface area contributed by atoms with Crippen molar-refractivity contribution in [1.29, 1.82) is 0 Å². The molecule has 0 bridgehead atoms. The van der Waals surface area contributed by atoms with Crippen LogP contribution in [0, 0.1) is 0 Å². The Labute approximate surface area is 83.1 Å². The molecule has 2 heterocycles. The average molecular weight is 197 g/mol. The van der Waals surface area contributed by atoms with E-state index in [1.807, 2.05) is 24.1 Å². The summed E-state index contributed by atoms with van der Waals surface area (Å²) in [5.41, 5.74) is 1.51. The van der Waals surface area contributed by atoms with Crippen LogP contribution in [0.15, 0.2) is 23.0 Å². The molecule has 1 aliphatic rings. The summed E-state index contributed by atoms with van der Waals surface area (Å²) in [4.78, 5) is 0. The van der Waals surface area contributed by atoms with Gasteiger partial charge in [-0.2, -0.15) is 11.8 Å². The summed E-state index contributed by atoms with van der Waals surface area (Å²) in [7, 11) is 0. The van der Waals surface area contributed by atoms with Crippen molar-refractivity contribution in [3.63, 3.8) is 0 Å². The largest absolute Gasteiger partial charge is 0.472 e. The van der Waals surface area contributed by atoms with Crippen LogP contribution in [0.5, 0.6) is 0 Å². The molecule has 1 N–H and O–H groups in total. The van der Waals surface area contributed by atoms with E-state index in [0.29, 0.717) is 6.04 Å². The van der Waals surface area contributed by atoms with E-state index < -0.39 is 0 Å². The lowest BCUT2D eigenvalue weighted by atomic mass is 10.0. The molecule has 2 rings (SSSR count). The summed E-state index contributed by atoms with van der Waals surface area (Å²) >= 11 is 2.00. The quantitative estimate of drug-likeness (QED) is 0.748. The number of nitrogens with one attached hydrogen (secondary N) is 1. The second-order valence-corrected chi connectivity index (χ2v) is 5.18. The Morgan fingerprint density at radius 2 is 2.46 bits per heavy atom. The lowest BCUT2D eigenvalue weighted by molar-refractivity contribution is 0.374. The van der Waals surface area contributed by atoms with Crippen molar-refractivity contribution >= 4 is 11.8 Å². The predicted molar refractivity (Wildman–Crippen MR) is 56.0 cm³/mol. The highest BCUT2D eigenvalue weighted by Gasteiger charge is 2.28. The van der Waals surface area contributed by atoms with Gasteiger partial charge in [-0.25, -0.2) is 0 Å². The lowest BCUT2D eigenvalue weighted by Gasteiger charge is -2.36. The zero-order valence-electron chi connectivity index (χ0n) is 8.04. The van der Waals surface area contributed by atoms with Crippen molar-refractivity contribution in [2.45, 2.75) is 25.4 Å². The van der Waals surface area contributed by atoms with Gasteiger partial charge in [0.1, 0.15) is 0 Å². The third-order valence-electron chi connectivity index (χ3n) is 2.26. The molecular formula is C10H15NOS. The first kappa shape index (κ1) is 9.16. The average Bonchev–Trinajstić information content (AvgIpc) is 2.53. The molecule has 1 aromatic rings. The van der Waals surface area contributed by atoms with Crippen LogP contribution in [0.2, 0.25) is 0 Å². The molecule has 1 aromatic heterocycles. The zero-order valence-corrected chi connectivity index (χ0v) is 8.86. The highest BCUT2D eigenvalue weighted by Crippen LogP contribution is 2.29. The molecule has 72 valence electrons. The van der Waals surface area contributed by atoms with Crippen LogP contribution in [0.4, 0.5) is 0 Å². The van der Waals surface area contributed by atoms with Crippen molar-refractivity contribution in [2.75, 3.05) is 11.5 Å². The first-order chi connectivity index (χ1) is 6.17. The molecule has 0 amide bonds. The van der Waals surface area contributed by atoms with Crippen LogP contribution >= 0.6 is 11.8 Å². The molecule has 0 saturated carbocycles. The molecule has 13 heavy (non-hydrogen) atoms. The monoisotopic (exact) mass is 197 g/mol. The predicted octanol–water partition coefficient (Wildman–Crippen LogP) is 2.44. The molecule has 1 fully saturated rings. The van der Waals surface area contributed by atoms with E-state index in [-0.39, 0.29) is 5.54 Å². The van der Waals surface area contributed by atoms with Gasteiger partial charge in [-0.3, -0.25) is 0 Å². The molecule has 1 aliphatic heterocycles. The molecule has 3 heteroatoms. The standard InChI is InChI=1S/C10H15NOS/c1-10(2)7-13-6-9(11-10)8-3-4-12-5-8/h3-5,9,11H,6-7H2,1-2H3. The Balaban J connectivity index is 2.09. The topological polar surface area (TPSA) is 25.2 Å². The summed E-state index contributed by atoms with van der Waals surface area (Å²) in [6.07, 6.45) is 3.57. The van der Waals surface area contributed by atoms with E-state index in [1.165, 1.54) is 11.3 Å². The van der Waals surface area contributed by atoms with Crippen molar-refractivity contribution in [3.05, 3.63) is 24.2 Å². The van der Waals surface area contributed by atoms with Gasteiger partial charge in [0, 0.05) is 28.6 Å². The highest BCUT2D eigenvalue weighted by atomic mass is 32.2. The Bertz CT molecular complexity index is 268. The van der Waals surface area contributed by atoms with Gasteiger partial charge in [-0.1, -0.05) is 0 Å². The van der Waals surface area contributed by atoms with Crippen molar-refractivity contribution in [1.82, 2.24) is 5.32 Å². The number of rotatable bonds is 1. The summed E-state index contributed by atoms with van der Waals surface area (Å²) in [5, 5.41) is 3.61. The van der Waals surface area contributed by atoms with Crippen LogP contribution in [0.25, 0.3) is 0 Å². The SMILES string of the molecule is CC1(C)CSCC(c2ccoc2)N1. The Kier molecular flexibility index (Phi) is 2.39. The second-order valence-electron chi connectivity index (χ2n) is 4.15. The van der Waals surface area contributed by atoms with E-state index in [1.54, 1.807) is 6.26 Å². The van der Waals surface area contributed by atoms with Gasteiger partial charge >= 0.3 is 0 Å². The minimum atomic E-state index is 0.241. The summed E-state index contributed by atoms with van der Waals surface area (Å²) in [6.45, 7) is 4.48. The van der Waals surface area contributed by atoms with E-state index >= 15 is 0 Å². The van der Waals surface area contributed by atoms with Crippen LogP contribution in [-0.4, -0.2) is 17.0 Å². The van der Waals surface area contributed by atoms with E-state index in [0.717, 1.165) is 5.75 Å². The Morgan fingerprint density at radius 1 is 1.62 bits per heavy atom. The van der Waals surface area contributed by atoms with Crippen LogP contribution in [0.1, 0.15) is 25.5 Å². The second kappa shape index (κ2) is 3.39. The maximum Gasteiger partial charge on any atom is 0.0950 e. The van der Waals surface area contributed by atoms with E-state index in [2.05, 4.69) is 19.2 Å². The number of thioether (sulfide) groups is 1. The molecule has 1 saturated heterocycles. The van der Waals surface area contributed by atoms with Gasteiger partial charge in [0.15, 0.2) is 0 Å². The molecule has 0 spiro atoms. The van der Waals surface area contributed by atoms with Crippen LogP contribution in [0.3, 0.4) is 0 Å². The fraction of sp³-hybridized carbons (Fsp3) is 0.600. The smallest absolute Gasteiger partial charge is 0.0950 e. The van der Waals surface area contributed by atoms with Crippen molar-refractivity contribution in [2.24, 2.45) is 0 Å². The first-order valence-electron chi connectivity index (χ1n) is 4.55. The fourth-order valence-corrected chi connectivity index (χ4v) is 2.86. The summed E-state index contributed by atoms with van der Waals surface area (Å²) in [5.74, 6) is 2.32. The number of furan rings is 1. The van der Waals surface area contributed by atoms with Crippen molar-refractivity contribution in [3.8, 4) is 0 Å². The molecule has 0 radical (unpaired) electrons.